The van der Waals surface area contributed by atoms with Gasteiger partial charge in [-0.3, -0.25) is 0 Å². The van der Waals surface area contributed by atoms with Crippen LogP contribution in [0, 0.1) is 17.8 Å². The van der Waals surface area contributed by atoms with E-state index in [1.807, 2.05) is 42.5 Å². The largest absolute Gasteiger partial charge is 0.460 e. The molecule has 1 saturated carbocycles. The third-order valence-corrected chi connectivity index (χ3v) is 5.55. The lowest BCUT2D eigenvalue weighted by atomic mass is 9.75. The van der Waals surface area contributed by atoms with E-state index in [0.717, 1.165) is 18.4 Å². The summed E-state index contributed by atoms with van der Waals surface area (Å²) in [6.45, 7) is 9.97. The fourth-order valence-electron chi connectivity index (χ4n) is 3.92. The zero-order valence-electron chi connectivity index (χ0n) is 17.9. The maximum Gasteiger partial charge on any atom is 0.338 e. The Labute approximate surface area is 169 Å². The molecular formula is C24H36O4. The van der Waals surface area contributed by atoms with E-state index in [1.54, 1.807) is 13.8 Å². The fourth-order valence-corrected chi connectivity index (χ4v) is 3.92. The standard InChI is InChI=1S/C24H36O4/c1-17(2)20-14-13-18(3)16-21(20)28-23(25)22(24(4,5)26)27-15-9-12-19-10-7-6-8-11-19/h6-12,17-18,20-22,26H,13-16H2,1-5H3/b12-9-/t18-,20+,21-,22?/m1/s1. The first-order valence-corrected chi connectivity index (χ1v) is 10.4. The van der Waals surface area contributed by atoms with E-state index in [1.165, 1.54) is 6.42 Å². The predicted octanol–water partition coefficient (Wildman–Crippen LogP) is 4.86. The highest BCUT2D eigenvalue weighted by Crippen LogP contribution is 2.35. The topological polar surface area (TPSA) is 55.8 Å². The molecule has 1 aliphatic carbocycles. The van der Waals surface area contributed by atoms with Crippen molar-refractivity contribution in [2.75, 3.05) is 6.61 Å². The van der Waals surface area contributed by atoms with Gasteiger partial charge in [-0.2, -0.15) is 0 Å². The summed E-state index contributed by atoms with van der Waals surface area (Å²) in [6, 6.07) is 9.88. The van der Waals surface area contributed by atoms with Gasteiger partial charge in [0.25, 0.3) is 0 Å². The van der Waals surface area contributed by atoms with Crippen molar-refractivity contribution in [3.05, 3.63) is 42.0 Å². The van der Waals surface area contributed by atoms with Crippen LogP contribution in [-0.2, 0) is 14.3 Å². The molecule has 1 N–H and O–H groups in total. The Balaban J connectivity index is 1.99. The predicted molar refractivity (Wildman–Crippen MR) is 113 cm³/mol. The van der Waals surface area contributed by atoms with E-state index in [9.17, 15) is 9.90 Å². The number of carbonyl (C=O) groups excluding carboxylic acids is 1. The van der Waals surface area contributed by atoms with Crippen LogP contribution in [0.2, 0.25) is 0 Å². The average molecular weight is 389 g/mol. The molecule has 0 saturated heterocycles. The van der Waals surface area contributed by atoms with Crippen LogP contribution >= 0.6 is 0 Å². The Hall–Kier alpha value is -1.65. The Bertz CT molecular complexity index is 630. The summed E-state index contributed by atoms with van der Waals surface area (Å²) in [5.41, 5.74) is -0.255. The Morgan fingerprint density at radius 1 is 1.25 bits per heavy atom. The smallest absolute Gasteiger partial charge is 0.338 e. The minimum atomic E-state index is -1.31. The number of hydrogen-bond acceptors (Lipinski definition) is 4. The molecule has 28 heavy (non-hydrogen) atoms. The molecule has 2 rings (SSSR count). The van der Waals surface area contributed by atoms with Gasteiger partial charge in [0.15, 0.2) is 6.10 Å². The van der Waals surface area contributed by atoms with Crippen molar-refractivity contribution in [1.82, 2.24) is 0 Å². The summed E-state index contributed by atoms with van der Waals surface area (Å²) in [7, 11) is 0. The van der Waals surface area contributed by atoms with Crippen molar-refractivity contribution in [3.63, 3.8) is 0 Å². The summed E-state index contributed by atoms with van der Waals surface area (Å²) in [5.74, 6) is 0.898. The summed E-state index contributed by atoms with van der Waals surface area (Å²) in [4.78, 5) is 12.9. The van der Waals surface area contributed by atoms with E-state index < -0.39 is 17.7 Å². The number of ether oxygens (including phenoxy) is 2. The molecule has 0 bridgehead atoms. The minimum Gasteiger partial charge on any atom is -0.460 e. The number of benzene rings is 1. The molecule has 1 aromatic rings. The van der Waals surface area contributed by atoms with Gasteiger partial charge in [0.1, 0.15) is 6.10 Å². The van der Waals surface area contributed by atoms with Crippen molar-refractivity contribution in [2.24, 2.45) is 17.8 Å². The first-order chi connectivity index (χ1) is 13.2. The summed E-state index contributed by atoms with van der Waals surface area (Å²) in [6.07, 6.45) is 5.78. The van der Waals surface area contributed by atoms with Crippen molar-refractivity contribution in [1.29, 1.82) is 0 Å². The van der Waals surface area contributed by atoms with Crippen molar-refractivity contribution < 1.29 is 19.4 Å². The molecule has 1 unspecified atom stereocenters. The van der Waals surface area contributed by atoms with Crippen LogP contribution in [0.3, 0.4) is 0 Å². The van der Waals surface area contributed by atoms with Gasteiger partial charge in [0.05, 0.1) is 12.2 Å². The van der Waals surface area contributed by atoms with Crippen LogP contribution in [0.4, 0.5) is 0 Å². The molecule has 1 aromatic carbocycles. The molecule has 0 aromatic heterocycles. The number of hydrogen-bond donors (Lipinski definition) is 1. The van der Waals surface area contributed by atoms with Crippen LogP contribution in [-0.4, -0.2) is 35.5 Å². The average Bonchev–Trinajstić information content (AvgIpc) is 2.61. The van der Waals surface area contributed by atoms with Gasteiger partial charge in [-0.15, -0.1) is 0 Å². The van der Waals surface area contributed by atoms with Crippen LogP contribution in [0.1, 0.15) is 59.4 Å². The lowest BCUT2D eigenvalue weighted by Crippen LogP contribution is -2.48. The molecule has 0 amide bonds. The Morgan fingerprint density at radius 2 is 1.93 bits per heavy atom. The minimum absolute atomic E-state index is 0.107. The van der Waals surface area contributed by atoms with Crippen LogP contribution in [0.25, 0.3) is 6.08 Å². The van der Waals surface area contributed by atoms with Crippen molar-refractivity contribution in [2.45, 2.75) is 71.7 Å². The van der Waals surface area contributed by atoms with E-state index in [2.05, 4.69) is 20.8 Å². The second-order valence-corrected chi connectivity index (χ2v) is 8.98. The Kier molecular flexibility index (Phi) is 8.26. The van der Waals surface area contributed by atoms with Crippen molar-refractivity contribution >= 4 is 12.0 Å². The fraction of sp³-hybridized carbons (Fsp3) is 0.625. The highest BCUT2D eigenvalue weighted by molar-refractivity contribution is 5.76. The molecule has 1 fully saturated rings. The van der Waals surface area contributed by atoms with E-state index >= 15 is 0 Å². The highest BCUT2D eigenvalue weighted by Gasteiger charge is 2.40. The third-order valence-electron chi connectivity index (χ3n) is 5.55. The second kappa shape index (κ2) is 10.2. The summed E-state index contributed by atoms with van der Waals surface area (Å²) < 4.78 is 11.6. The number of carbonyl (C=O) groups is 1. The van der Waals surface area contributed by atoms with Gasteiger partial charge in [0.2, 0.25) is 0 Å². The van der Waals surface area contributed by atoms with Gasteiger partial charge in [-0.1, -0.05) is 69.7 Å². The monoisotopic (exact) mass is 388 g/mol. The van der Waals surface area contributed by atoms with Gasteiger partial charge < -0.3 is 14.6 Å². The lowest BCUT2D eigenvalue weighted by Gasteiger charge is -2.38. The summed E-state index contributed by atoms with van der Waals surface area (Å²) in [5, 5.41) is 10.5. The maximum absolute atomic E-state index is 12.9. The maximum atomic E-state index is 12.9. The molecule has 0 spiro atoms. The first-order valence-electron chi connectivity index (χ1n) is 10.4. The van der Waals surface area contributed by atoms with Crippen LogP contribution < -0.4 is 0 Å². The van der Waals surface area contributed by atoms with Gasteiger partial charge >= 0.3 is 5.97 Å². The van der Waals surface area contributed by atoms with E-state index in [-0.39, 0.29) is 12.7 Å². The molecule has 1 aliphatic rings. The van der Waals surface area contributed by atoms with Gasteiger partial charge in [-0.05, 0) is 50.0 Å². The molecule has 0 radical (unpaired) electrons. The SMILES string of the molecule is CC(C)[C@@H]1CC[C@@H](C)C[C@H]1OC(=O)C(OC/C=C\c1ccccc1)C(C)(C)O. The number of rotatable bonds is 8. The lowest BCUT2D eigenvalue weighted by molar-refractivity contribution is -0.183. The number of esters is 1. The number of aliphatic hydroxyl groups is 1. The zero-order chi connectivity index (χ0) is 20.7. The van der Waals surface area contributed by atoms with Gasteiger partial charge in [-0.25, -0.2) is 4.79 Å². The molecule has 4 atom stereocenters. The summed E-state index contributed by atoms with van der Waals surface area (Å²) >= 11 is 0. The molecule has 156 valence electrons. The van der Waals surface area contributed by atoms with E-state index in [0.29, 0.717) is 17.8 Å². The van der Waals surface area contributed by atoms with Crippen LogP contribution in [0.5, 0.6) is 0 Å². The first kappa shape index (κ1) is 22.6. The quantitative estimate of drug-likeness (QED) is 0.646. The van der Waals surface area contributed by atoms with Crippen molar-refractivity contribution in [3.8, 4) is 0 Å². The van der Waals surface area contributed by atoms with E-state index in [4.69, 9.17) is 9.47 Å². The zero-order valence-corrected chi connectivity index (χ0v) is 17.9. The second-order valence-electron chi connectivity index (χ2n) is 8.98. The molecule has 0 aliphatic heterocycles. The molecule has 0 heterocycles. The van der Waals surface area contributed by atoms with Gasteiger partial charge in [0, 0.05) is 0 Å². The Morgan fingerprint density at radius 3 is 2.54 bits per heavy atom. The van der Waals surface area contributed by atoms with Crippen LogP contribution in [0.15, 0.2) is 36.4 Å². The third kappa shape index (κ3) is 6.75. The highest BCUT2D eigenvalue weighted by atomic mass is 16.6. The molecule has 4 heteroatoms. The normalized spacial score (nSPS) is 24.5. The molecule has 4 nitrogen and oxygen atoms in total. The molecular weight excluding hydrogens is 352 g/mol.